The summed E-state index contributed by atoms with van der Waals surface area (Å²) in [6.07, 6.45) is 4.41. The largest absolute Gasteiger partial charge is 0.339 e. The Balaban J connectivity index is 1.98. The smallest absolute Gasteiger partial charge is 0.257 e. The molecule has 6 heteroatoms. The Bertz CT molecular complexity index is 413. The molecule has 2 rings (SSSR count). The Morgan fingerprint density at radius 1 is 1.06 bits per heavy atom. The Kier molecular flexibility index (Phi) is 3.32. The lowest BCUT2D eigenvalue weighted by Gasteiger charge is -2.34. The molecule has 17 heavy (non-hydrogen) atoms. The molecule has 1 fully saturated rings. The highest BCUT2D eigenvalue weighted by Gasteiger charge is 2.23. The number of piperazine rings is 1. The average molecular weight is 234 g/mol. The van der Waals surface area contributed by atoms with Gasteiger partial charge in [0.15, 0.2) is 0 Å². The van der Waals surface area contributed by atoms with Gasteiger partial charge in [-0.25, -0.2) is 9.97 Å². The number of hydrogen-bond acceptors (Lipinski definition) is 4. The van der Waals surface area contributed by atoms with Crippen molar-refractivity contribution in [2.45, 2.75) is 6.92 Å². The third-order valence-corrected chi connectivity index (χ3v) is 2.82. The van der Waals surface area contributed by atoms with Crippen LogP contribution >= 0.6 is 0 Å². The van der Waals surface area contributed by atoms with Crippen molar-refractivity contribution in [3.63, 3.8) is 0 Å². The molecule has 0 saturated carbocycles. The molecule has 1 aliphatic rings. The van der Waals surface area contributed by atoms with Crippen LogP contribution in [-0.4, -0.2) is 57.8 Å². The zero-order chi connectivity index (χ0) is 12.3. The van der Waals surface area contributed by atoms with Crippen LogP contribution in [0.5, 0.6) is 0 Å². The number of amides is 2. The monoisotopic (exact) mass is 234 g/mol. The SMILES string of the molecule is CC(=O)N1CCN(C(=O)c2cncnc2)CC1. The van der Waals surface area contributed by atoms with E-state index >= 15 is 0 Å². The van der Waals surface area contributed by atoms with Crippen molar-refractivity contribution in [1.82, 2.24) is 19.8 Å². The Hall–Kier alpha value is -1.98. The van der Waals surface area contributed by atoms with Crippen molar-refractivity contribution in [2.75, 3.05) is 26.2 Å². The van der Waals surface area contributed by atoms with E-state index in [1.165, 1.54) is 18.7 Å². The second-order valence-corrected chi connectivity index (χ2v) is 3.93. The maximum Gasteiger partial charge on any atom is 0.257 e. The van der Waals surface area contributed by atoms with Crippen molar-refractivity contribution >= 4 is 11.8 Å². The molecule has 0 unspecified atom stereocenters. The number of nitrogens with zero attached hydrogens (tertiary/aromatic N) is 4. The summed E-state index contributed by atoms with van der Waals surface area (Å²) < 4.78 is 0. The summed E-state index contributed by atoms with van der Waals surface area (Å²) in [4.78, 5) is 34.3. The van der Waals surface area contributed by atoms with Gasteiger partial charge < -0.3 is 9.80 Å². The minimum atomic E-state index is -0.0752. The molecule has 2 amide bonds. The number of carbonyl (C=O) groups is 2. The zero-order valence-electron chi connectivity index (χ0n) is 9.67. The molecule has 0 aliphatic carbocycles. The maximum atomic E-state index is 12.0. The summed E-state index contributed by atoms with van der Waals surface area (Å²) in [6.45, 7) is 3.85. The highest BCUT2D eigenvalue weighted by atomic mass is 16.2. The first-order valence-corrected chi connectivity index (χ1v) is 5.48. The van der Waals surface area contributed by atoms with Gasteiger partial charge in [-0.15, -0.1) is 0 Å². The fraction of sp³-hybridized carbons (Fsp3) is 0.455. The van der Waals surface area contributed by atoms with Crippen LogP contribution in [0.15, 0.2) is 18.7 Å². The standard InChI is InChI=1S/C11H14N4O2/c1-9(16)14-2-4-15(5-3-14)11(17)10-6-12-8-13-7-10/h6-8H,2-5H2,1H3. The molecule has 0 radical (unpaired) electrons. The predicted molar refractivity (Wildman–Crippen MR) is 60.2 cm³/mol. The van der Waals surface area contributed by atoms with Crippen LogP contribution in [0.25, 0.3) is 0 Å². The number of carbonyl (C=O) groups excluding carboxylic acids is 2. The summed E-state index contributed by atoms with van der Waals surface area (Å²) in [5.41, 5.74) is 0.490. The van der Waals surface area contributed by atoms with Gasteiger partial charge in [0, 0.05) is 45.5 Å². The van der Waals surface area contributed by atoms with Gasteiger partial charge in [0.25, 0.3) is 5.91 Å². The highest BCUT2D eigenvalue weighted by Crippen LogP contribution is 2.07. The zero-order valence-corrected chi connectivity index (χ0v) is 9.67. The van der Waals surface area contributed by atoms with Crippen molar-refractivity contribution in [3.8, 4) is 0 Å². The molecule has 6 nitrogen and oxygen atoms in total. The van der Waals surface area contributed by atoms with E-state index in [1.807, 2.05) is 0 Å². The van der Waals surface area contributed by atoms with Gasteiger partial charge in [-0.05, 0) is 0 Å². The molecule has 0 N–H and O–H groups in total. The molecule has 0 bridgehead atoms. The fourth-order valence-electron chi connectivity index (χ4n) is 1.82. The summed E-state index contributed by atoms with van der Waals surface area (Å²) in [5, 5.41) is 0. The van der Waals surface area contributed by atoms with E-state index < -0.39 is 0 Å². The van der Waals surface area contributed by atoms with Gasteiger partial charge in [-0.3, -0.25) is 9.59 Å². The minimum absolute atomic E-state index is 0.0557. The summed E-state index contributed by atoms with van der Waals surface area (Å²) in [6, 6.07) is 0. The molecule has 1 aliphatic heterocycles. The van der Waals surface area contributed by atoms with Crippen LogP contribution in [-0.2, 0) is 4.79 Å². The first kappa shape index (κ1) is 11.5. The van der Waals surface area contributed by atoms with Gasteiger partial charge >= 0.3 is 0 Å². The summed E-state index contributed by atoms with van der Waals surface area (Å²) in [7, 11) is 0. The molecule has 90 valence electrons. The van der Waals surface area contributed by atoms with E-state index in [0.29, 0.717) is 31.7 Å². The summed E-state index contributed by atoms with van der Waals surface area (Å²) in [5.74, 6) is -0.0195. The Labute approximate surface area is 99.3 Å². The van der Waals surface area contributed by atoms with Crippen LogP contribution in [0.2, 0.25) is 0 Å². The molecule has 1 aromatic heterocycles. The van der Waals surface area contributed by atoms with Gasteiger partial charge in [0.2, 0.25) is 5.91 Å². The first-order chi connectivity index (χ1) is 8.18. The van der Waals surface area contributed by atoms with Crippen LogP contribution in [0.1, 0.15) is 17.3 Å². The average Bonchev–Trinajstić information content (AvgIpc) is 2.39. The van der Waals surface area contributed by atoms with E-state index in [4.69, 9.17) is 0 Å². The predicted octanol–water partition coefficient (Wildman–Crippen LogP) is -0.219. The molecule has 1 saturated heterocycles. The van der Waals surface area contributed by atoms with E-state index in [2.05, 4.69) is 9.97 Å². The lowest BCUT2D eigenvalue weighted by Crippen LogP contribution is -2.50. The number of aromatic nitrogens is 2. The molecule has 2 heterocycles. The second kappa shape index (κ2) is 4.90. The lowest BCUT2D eigenvalue weighted by atomic mass is 10.2. The molecule has 0 aromatic carbocycles. The van der Waals surface area contributed by atoms with E-state index in [1.54, 1.807) is 16.7 Å². The number of rotatable bonds is 1. The normalized spacial score (nSPS) is 15.8. The maximum absolute atomic E-state index is 12.0. The van der Waals surface area contributed by atoms with Crippen molar-refractivity contribution < 1.29 is 9.59 Å². The number of hydrogen-bond donors (Lipinski definition) is 0. The van der Waals surface area contributed by atoms with E-state index in [9.17, 15) is 9.59 Å². The fourth-order valence-corrected chi connectivity index (χ4v) is 1.82. The quantitative estimate of drug-likeness (QED) is 0.674. The van der Waals surface area contributed by atoms with Crippen LogP contribution in [0, 0.1) is 0 Å². The highest BCUT2D eigenvalue weighted by molar-refractivity contribution is 5.93. The van der Waals surface area contributed by atoms with Crippen molar-refractivity contribution in [2.24, 2.45) is 0 Å². The second-order valence-electron chi connectivity index (χ2n) is 3.93. The van der Waals surface area contributed by atoms with Crippen LogP contribution in [0.4, 0.5) is 0 Å². The van der Waals surface area contributed by atoms with Crippen LogP contribution in [0.3, 0.4) is 0 Å². The Morgan fingerprint density at radius 2 is 1.59 bits per heavy atom. The Morgan fingerprint density at radius 3 is 2.12 bits per heavy atom. The molecule has 0 atom stereocenters. The summed E-state index contributed by atoms with van der Waals surface area (Å²) >= 11 is 0. The first-order valence-electron chi connectivity index (χ1n) is 5.48. The molecule has 0 spiro atoms. The molecule has 1 aromatic rings. The van der Waals surface area contributed by atoms with E-state index in [-0.39, 0.29) is 11.8 Å². The van der Waals surface area contributed by atoms with Crippen LogP contribution < -0.4 is 0 Å². The van der Waals surface area contributed by atoms with Gasteiger partial charge in [0.05, 0.1) is 5.56 Å². The lowest BCUT2D eigenvalue weighted by molar-refractivity contribution is -0.130. The molecular weight excluding hydrogens is 220 g/mol. The van der Waals surface area contributed by atoms with Gasteiger partial charge in [0.1, 0.15) is 6.33 Å². The van der Waals surface area contributed by atoms with Crippen molar-refractivity contribution in [3.05, 3.63) is 24.3 Å². The molecular formula is C11H14N4O2. The third-order valence-electron chi connectivity index (χ3n) is 2.82. The van der Waals surface area contributed by atoms with Gasteiger partial charge in [-0.1, -0.05) is 0 Å². The van der Waals surface area contributed by atoms with Gasteiger partial charge in [-0.2, -0.15) is 0 Å². The van der Waals surface area contributed by atoms with Crippen molar-refractivity contribution in [1.29, 1.82) is 0 Å². The third kappa shape index (κ3) is 2.58. The minimum Gasteiger partial charge on any atom is -0.339 e. The van der Waals surface area contributed by atoms with E-state index in [0.717, 1.165) is 0 Å². The topological polar surface area (TPSA) is 66.4 Å².